The molecule has 4 rings (SSSR count). The molecule has 0 bridgehead atoms. The van der Waals surface area contributed by atoms with Crippen LogP contribution < -0.4 is 0 Å². The summed E-state index contributed by atoms with van der Waals surface area (Å²) in [5.41, 5.74) is 4.77. The van der Waals surface area contributed by atoms with Gasteiger partial charge in [-0.25, -0.2) is 0 Å². The fourth-order valence-corrected chi connectivity index (χ4v) is 3.70. The molecule has 2 aromatic carbocycles. The van der Waals surface area contributed by atoms with Crippen LogP contribution in [0.15, 0.2) is 66.7 Å². The first-order chi connectivity index (χ1) is 11.8. The number of fused-ring (bicyclic) bond motifs is 3. The molecule has 0 aliphatic carbocycles. The lowest BCUT2D eigenvalue weighted by Gasteiger charge is -2.35. The van der Waals surface area contributed by atoms with Crippen LogP contribution >= 0.6 is 0 Å². The van der Waals surface area contributed by atoms with E-state index in [0.29, 0.717) is 0 Å². The molecule has 0 saturated carbocycles. The second kappa shape index (κ2) is 6.00. The van der Waals surface area contributed by atoms with Crippen molar-refractivity contribution in [2.45, 2.75) is 19.4 Å². The molecule has 1 aromatic heterocycles. The van der Waals surface area contributed by atoms with Gasteiger partial charge in [-0.1, -0.05) is 54.6 Å². The first-order valence-corrected chi connectivity index (χ1v) is 8.37. The van der Waals surface area contributed by atoms with Crippen molar-refractivity contribution in [3.63, 3.8) is 0 Å². The van der Waals surface area contributed by atoms with Crippen LogP contribution in [0.1, 0.15) is 29.8 Å². The molecular formula is C21H20N2O. The van der Waals surface area contributed by atoms with Crippen LogP contribution in [0.3, 0.4) is 0 Å². The van der Waals surface area contributed by atoms with Crippen LogP contribution in [-0.4, -0.2) is 22.3 Å². The van der Waals surface area contributed by atoms with Gasteiger partial charge in [0, 0.05) is 23.1 Å². The molecule has 0 spiro atoms. The highest BCUT2D eigenvalue weighted by atomic mass is 16.2. The minimum atomic E-state index is -0.0638. The average molecular weight is 316 g/mol. The fourth-order valence-electron chi connectivity index (χ4n) is 3.70. The van der Waals surface area contributed by atoms with E-state index in [2.05, 4.69) is 35.3 Å². The number of carbonyl (C=O) groups excluding carboxylic acids is 1. The molecule has 2 heterocycles. The Bertz CT molecular complexity index is 908. The molecule has 0 radical (unpaired) electrons. The molecule has 3 heteroatoms. The zero-order chi connectivity index (χ0) is 16.5. The maximum Gasteiger partial charge on any atom is 0.247 e. The van der Waals surface area contributed by atoms with Crippen molar-refractivity contribution in [3.05, 3.63) is 83.6 Å². The zero-order valence-corrected chi connectivity index (χ0v) is 13.7. The molecule has 120 valence electrons. The van der Waals surface area contributed by atoms with E-state index in [4.69, 9.17) is 0 Å². The Morgan fingerprint density at radius 3 is 2.67 bits per heavy atom. The van der Waals surface area contributed by atoms with Gasteiger partial charge < -0.3 is 9.88 Å². The molecule has 1 unspecified atom stereocenters. The van der Waals surface area contributed by atoms with E-state index in [1.165, 1.54) is 10.9 Å². The Morgan fingerprint density at radius 1 is 1.12 bits per heavy atom. The lowest BCUT2D eigenvalue weighted by atomic mass is 9.92. The van der Waals surface area contributed by atoms with Crippen LogP contribution in [0.25, 0.3) is 10.9 Å². The third kappa shape index (κ3) is 2.33. The second-order valence-corrected chi connectivity index (χ2v) is 6.16. The van der Waals surface area contributed by atoms with E-state index in [1.807, 2.05) is 42.2 Å². The Hall–Kier alpha value is -2.81. The molecule has 0 fully saturated rings. The maximum atomic E-state index is 12.6. The van der Waals surface area contributed by atoms with Crippen molar-refractivity contribution in [1.82, 2.24) is 9.88 Å². The maximum absolute atomic E-state index is 12.6. The van der Waals surface area contributed by atoms with Gasteiger partial charge in [0.1, 0.15) is 0 Å². The molecule has 3 aromatic rings. The third-order valence-corrected chi connectivity index (χ3v) is 4.74. The van der Waals surface area contributed by atoms with Crippen LogP contribution in [0, 0.1) is 0 Å². The highest BCUT2D eigenvalue weighted by molar-refractivity contribution is 5.90. The number of benzene rings is 2. The van der Waals surface area contributed by atoms with Crippen LogP contribution in [0.4, 0.5) is 0 Å². The summed E-state index contributed by atoms with van der Waals surface area (Å²) in [4.78, 5) is 18.2. The highest BCUT2D eigenvalue weighted by Gasteiger charge is 2.33. The quantitative estimate of drug-likeness (QED) is 0.706. The number of H-pyrrole nitrogens is 1. The van der Waals surface area contributed by atoms with Gasteiger partial charge in [0.15, 0.2) is 0 Å². The van der Waals surface area contributed by atoms with E-state index in [9.17, 15) is 4.79 Å². The van der Waals surface area contributed by atoms with E-state index in [1.54, 1.807) is 6.08 Å². The normalized spacial score (nSPS) is 17.4. The standard InChI is InChI=1S/C21H20N2O/c1-2-8-19(24)23-14-13-17-16-11-6-7-12-18(16)22-20(17)21(23)15-9-4-3-5-10-15/h2-12,21-22H,13-14H2,1H3/b8-2+. The summed E-state index contributed by atoms with van der Waals surface area (Å²) in [7, 11) is 0. The molecule has 1 atom stereocenters. The molecule has 1 N–H and O–H groups in total. The summed E-state index contributed by atoms with van der Waals surface area (Å²) < 4.78 is 0. The lowest BCUT2D eigenvalue weighted by Crippen LogP contribution is -2.39. The summed E-state index contributed by atoms with van der Waals surface area (Å²) >= 11 is 0. The van der Waals surface area contributed by atoms with E-state index < -0.39 is 0 Å². The Morgan fingerprint density at radius 2 is 1.88 bits per heavy atom. The van der Waals surface area contributed by atoms with Crippen molar-refractivity contribution in [3.8, 4) is 0 Å². The van der Waals surface area contributed by atoms with Crippen molar-refractivity contribution >= 4 is 16.8 Å². The first-order valence-electron chi connectivity index (χ1n) is 8.37. The number of allylic oxidation sites excluding steroid dienone is 1. The number of carbonyl (C=O) groups is 1. The second-order valence-electron chi connectivity index (χ2n) is 6.16. The Balaban J connectivity index is 1.90. The number of aromatic nitrogens is 1. The number of hydrogen-bond acceptors (Lipinski definition) is 1. The monoisotopic (exact) mass is 316 g/mol. The largest absolute Gasteiger partial charge is 0.356 e. The predicted molar refractivity (Wildman–Crippen MR) is 96.8 cm³/mol. The van der Waals surface area contributed by atoms with E-state index >= 15 is 0 Å². The van der Waals surface area contributed by atoms with Gasteiger partial charge in [-0.05, 0) is 36.6 Å². The van der Waals surface area contributed by atoms with Crippen LogP contribution in [0.2, 0.25) is 0 Å². The van der Waals surface area contributed by atoms with Gasteiger partial charge in [0.2, 0.25) is 5.91 Å². The lowest BCUT2D eigenvalue weighted by molar-refractivity contribution is -0.128. The zero-order valence-electron chi connectivity index (χ0n) is 13.7. The Kier molecular flexibility index (Phi) is 3.69. The topological polar surface area (TPSA) is 36.1 Å². The van der Waals surface area contributed by atoms with Crippen LogP contribution in [0.5, 0.6) is 0 Å². The number of para-hydroxylation sites is 1. The van der Waals surface area contributed by atoms with E-state index in [0.717, 1.165) is 29.7 Å². The molecule has 3 nitrogen and oxygen atoms in total. The molecule has 1 aliphatic rings. The van der Waals surface area contributed by atoms with Crippen molar-refractivity contribution in [1.29, 1.82) is 0 Å². The van der Waals surface area contributed by atoms with Gasteiger partial charge in [0.25, 0.3) is 0 Å². The fraction of sp³-hybridized carbons (Fsp3) is 0.190. The summed E-state index contributed by atoms with van der Waals surface area (Å²) in [5, 5.41) is 1.27. The van der Waals surface area contributed by atoms with Gasteiger partial charge in [-0.15, -0.1) is 0 Å². The van der Waals surface area contributed by atoms with Crippen molar-refractivity contribution in [2.24, 2.45) is 0 Å². The van der Waals surface area contributed by atoms with Crippen LogP contribution in [-0.2, 0) is 11.2 Å². The summed E-state index contributed by atoms with van der Waals surface area (Å²) in [6, 6.07) is 18.6. The molecule has 24 heavy (non-hydrogen) atoms. The number of rotatable bonds is 2. The van der Waals surface area contributed by atoms with Gasteiger partial charge >= 0.3 is 0 Å². The number of amides is 1. The third-order valence-electron chi connectivity index (χ3n) is 4.74. The predicted octanol–water partition coefficient (Wildman–Crippen LogP) is 4.22. The van der Waals surface area contributed by atoms with Gasteiger partial charge in [0.05, 0.1) is 6.04 Å². The minimum absolute atomic E-state index is 0.0638. The Labute approximate surface area is 141 Å². The number of hydrogen-bond donors (Lipinski definition) is 1. The molecule has 0 saturated heterocycles. The summed E-state index contributed by atoms with van der Waals surface area (Å²) in [5.74, 6) is 0.0654. The molecule has 1 aliphatic heterocycles. The molecule has 1 amide bonds. The smallest absolute Gasteiger partial charge is 0.247 e. The number of nitrogens with one attached hydrogen (secondary N) is 1. The summed E-state index contributed by atoms with van der Waals surface area (Å²) in [6.07, 6.45) is 4.35. The van der Waals surface area contributed by atoms with E-state index in [-0.39, 0.29) is 11.9 Å². The minimum Gasteiger partial charge on any atom is -0.356 e. The van der Waals surface area contributed by atoms with Crippen molar-refractivity contribution in [2.75, 3.05) is 6.54 Å². The average Bonchev–Trinajstić information content (AvgIpc) is 3.00. The van der Waals surface area contributed by atoms with Crippen molar-refractivity contribution < 1.29 is 4.79 Å². The first kappa shape index (κ1) is 14.8. The highest BCUT2D eigenvalue weighted by Crippen LogP contribution is 2.38. The number of nitrogens with zero attached hydrogens (tertiary/aromatic N) is 1. The SMILES string of the molecule is C/C=C/C(=O)N1CCc2c([nH]c3ccccc23)C1c1ccccc1. The number of aromatic amines is 1. The molecular weight excluding hydrogens is 296 g/mol. The summed E-state index contributed by atoms with van der Waals surface area (Å²) in [6.45, 7) is 2.62. The van der Waals surface area contributed by atoms with Gasteiger partial charge in [-0.2, -0.15) is 0 Å². The van der Waals surface area contributed by atoms with Gasteiger partial charge in [-0.3, -0.25) is 4.79 Å².